The van der Waals surface area contributed by atoms with Crippen molar-refractivity contribution < 1.29 is 4.79 Å². The Morgan fingerprint density at radius 3 is 3.00 bits per heavy atom. The third kappa shape index (κ3) is 1.90. The zero-order chi connectivity index (χ0) is 10.7. The molecule has 0 saturated carbocycles. The fourth-order valence-electron chi connectivity index (χ4n) is 1.70. The summed E-state index contributed by atoms with van der Waals surface area (Å²) in [5.41, 5.74) is 2.74. The number of benzene rings is 1. The molecule has 2 rings (SSSR count). The molecule has 1 aliphatic rings. The molecule has 0 saturated heterocycles. The van der Waals surface area contributed by atoms with Gasteiger partial charge in [-0.15, -0.1) is 0 Å². The summed E-state index contributed by atoms with van der Waals surface area (Å²) >= 11 is 0. The molecule has 0 aliphatic heterocycles. The average molecular weight is 195 g/mol. The highest BCUT2D eigenvalue weighted by atomic mass is 16.1. The number of nitriles is 1. The molecule has 72 valence electrons. The molecule has 1 aromatic carbocycles. The number of hydrogen-bond donors (Lipinski definition) is 0. The van der Waals surface area contributed by atoms with Crippen LogP contribution < -0.4 is 0 Å². The van der Waals surface area contributed by atoms with E-state index in [1.807, 2.05) is 24.3 Å². The minimum absolute atomic E-state index is 0.203. The van der Waals surface area contributed by atoms with Crippen LogP contribution in [0.5, 0.6) is 0 Å². The van der Waals surface area contributed by atoms with Gasteiger partial charge in [0.2, 0.25) is 0 Å². The van der Waals surface area contributed by atoms with Gasteiger partial charge in [0.15, 0.2) is 5.78 Å². The molecule has 0 radical (unpaired) electrons. The van der Waals surface area contributed by atoms with Crippen LogP contribution in [-0.4, -0.2) is 5.78 Å². The Bertz CT molecular complexity index is 512. The van der Waals surface area contributed by atoms with E-state index in [4.69, 9.17) is 5.26 Å². The van der Waals surface area contributed by atoms with Crippen LogP contribution in [-0.2, 0) is 6.42 Å². The van der Waals surface area contributed by atoms with E-state index in [0.717, 1.165) is 23.1 Å². The quantitative estimate of drug-likeness (QED) is 0.595. The maximum Gasteiger partial charge on any atom is 0.163 e. The number of carbonyl (C=O) groups excluding carboxylic acids is 1. The first-order chi connectivity index (χ1) is 7.31. The van der Waals surface area contributed by atoms with Crippen molar-refractivity contribution in [1.82, 2.24) is 0 Å². The van der Waals surface area contributed by atoms with Crippen molar-refractivity contribution in [2.75, 3.05) is 0 Å². The molecule has 1 aliphatic carbocycles. The van der Waals surface area contributed by atoms with Crippen molar-refractivity contribution in [3.8, 4) is 17.9 Å². The Hall–Kier alpha value is -2.06. The maximum absolute atomic E-state index is 11.4. The fraction of sp³-hybridized carbons (Fsp3) is 0.231. The Balaban J connectivity index is 2.31. The summed E-state index contributed by atoms with van der Waals surface area (Å²) < 4.78 is 0. The van der Waals surface area contributed by atoms with Crippen molar-refractivity contribution in [2.24, 2.45) is 0 Å². The maximum atomic E-state index is 11.4. The number of Topliss-reactive ketones (excluding diaryl/α,β-unsaturated/α-hetero) is 1. The van der Waals surface area contributed by atoms with E-state index >= 15 is 0 Å². The molecule has 0 aromatic heterocycles. The lowest BCUT2D eigenvalue weighted by Gasteiger charge is -1.97. The molecule has 15 heavy (non-hydrogen) atoms. The van der Waals surface area contributed by atoms with Gasteiger partial charge < -0.3 is 0 Å². The summed E-state index contributed by atoms with van der Waals surface area (Å²) in [4.78, 5) is 11.4. The molecule has 0 amide bonds. The van der Waals surface area contributed by atoms with Crippen molar-refractivity contribution >= 4 is 5.78 Å². The summed E-state index contributed by atoms with van der Waals surface area (Å²) in [6.45, 7) is 0. The molecule has 0 fully saturated rings. The first-order valence-corrected chi connectivity index (χ1v) is 4.83. The molecule has 2 nitrogen and oxygen atoms in total. The van der Waals surface area contributed by atoms with Crippen molar-refractivity contribution in [3.05, 3.63) is 34.9 Å². The van der Waals surface area contributed by atoms with E-state index < -0.39 is 0 Å². The lowest BCUT2D eigenvalue weighted by molar-refractivity contribution is 0.0994. The highest BCUT2D eigenvalue weighted by Crippen LogP contribution is 2.22. The number of hydrogen-bond acceptors (Lipinski definition) is 2. The van der Waals surface area contributed by atoms with Crippen LogP contribution in [0.15, 0.2) is 18.2 Å². The predicted molar refractivity (Wildman–Crippen MR) is 56.2 cm³/mol. The number of fused-ring (bicyclic) bond motifs is 1. The third-order valence-corrected chi connectivity index (χ3v) is 2.43. The van der Waals surface area contributed by atoms with Gasteiger partial charge in [0.1, 0.15) is 0 Å². The molecule has 0 heterocycles. The first-order valence-electron chi connectivity index (χ1n) is 4.83. The lowest BCUT2D eigenvalue weighted by atomic mass is 10.1. The number of aryl methyl sites for hydroxylation is 1. The van der Waals surface area contributed by atoms with Crippen LogP contribution in [0.3, 0.4) is 0 Å². The molecule has 0 atom stereocenters. The standard InChI is InChI=1S/C13H9NO/c14-8-2-1-3-10-4-5-11-6-7-13(15)12(11)9-10/h4-5,9H,2,6-7H2. The van der Waals surface area contributed by atoms with Crippen LogP contribution in [0, 0.1) is 23.2 Å². The number of ketones is 1. The van der Waals surface area contributed by atoms with E-state index in [1.165, 1.54) is 0 Å². The minimum Gasteiger partial charge on any atom is -0.294 e. The fourth-order valence-corrected chi connectivity index (χ4v) is 1.70. The Morgan fingerprint density at radius 1 is 1.33 bits per heavy atom. The van der Waals surface area contributed by atoms with E-state index in [9.17, 15) is 4.79 Å². The molecular weight excluding hydrogens is 186 g/mol. The zero-order valence-corrected chi connectivity index (χ0v) is 8.21. The third-order valence-electron chi connectivity index (χ3n) is 2.43. The number of rotatable bonds is 0. The largest absolute Gasteiger partial charge is 0.294 e. The topological polar surface area (TPSA) is 40.9 Å². The van der Waals surface area contributed by atoms with Gasteiger partial charge in [-0.3, -0.25) is 4.79 Å². The SMILES string of the molecule is N#CCC#Cc1ccc2c(c1)C(=O)CC2. The summed E-state index contributed by atoms with van der Waals surface area (Å²) in [5.74, 6) is 5.81. The molecule has 1 aromatic rings. The van der Waals surface area contributed by atoms with Gasteiger partial charge in [0, 0.05) is 17.5 Å². The smallest absolute Gasteiger partial charge is 0.163 e. The Morgan fingerprint density at radius 2 is 2.20 bits per heavy atom. The van der Waals surface area contributed by atoms with E-state index in [2.05, 4.69) is 11.8 Å². The summed E-state index contributed by atoms with van der Waals surface area (Å²) in [6.07, 6.45) is 1.69. The van der Waals surface area contributed by atoms with Gasteiger partial charge in [0.25, 0.3) is 0 Å². The Kier molecular flexibility index (Phi) is 2.52. The molecule has 0 spiro atoms. The van der Waals surface area contributed by atoms with Crippen molar-refractivity contribution in [3.63, 3.8) is 0 Å². The van der Waals surface area contributed by atoms with Crippen molar-refractivity contribution in [1.29, 1.82) is 5.26 Å². The second kappa shape index (κ2) is 3.98. The second-order valence-corrected chi connectivity index (χ2v) is 3.43. The Labute approximate surface area is 88.5 Å². The van der Waals surface area contributed by atoms with Crippen LogP contribution in [0.1, 0.15) is 34.3 Å². The number of carbonyl (C=O) groups is 1. The number of nitrogens with zero attached hydrogens (tertiary/aromatic N) is 1. The van der Waals surface area contributed by atoms with E-state index in [0.29, 0.717) is 6.42 Å². The van der Waals surface area contributed by atoms with Gasteiger partial charge in [-0.2, -0.15) is 5.26 Å². The monoisotopic (exact) mass is 195 g/mol. The molecule has 0 bridgehead atoms. The van der Waals surface area contributed by atoms with Crippen LogP contribution in [0.25, 0.3) is 0 Å². The second-order valence-electron chi connectivity index (χ2n) is 3.43. The molecular formula is C13H9NO. The van der Waals surface area contributed by atoms with Crippen LogP contribution >= 0.6 is 0 Å². The molecule has 0 N–H and O–H groups in total. The zero-order valence-electron chi connectivity index (χ0n) is 8.21. The molecule has 2 heteroatoms. The lowest BCUT2D eigenvalue weighted by Crippen LogP contribution is -1.91. The highest BCUT2D eigenvalue weighted by molar-refractivity contribution is 6.00. The van der Waals surface area contributed by atoms with Gasteiger partial charge in [0.05, 0.1) is 12.5 Å². The minimum atomic E-state index is 0.203. The summed E-state index contributed by atoms with van der Waals surface area (Å²) in [6, 6.07) is 7.65. The predicted octanol–water partition coefficient (Wildman–Crippen LogP) is 2.08. The van der Waals surface area contributed by atoms with Crippen molar-refractivity contribution in [2.45, 2.75) is 19.3 Å². The highest BCUT2D eigenvalue weighted by Gasteiger charge is 2.18. The normalized spacial score (nSPS) is 12.6. The van der Waals surface area contributed by atoms with Crippen LogP contribution in [0.4, 0.5) is 0 Å². The average Bonchev–Trinajstić information content (AvgIpc) is 2.61. The van der Waals surface area contributed by atoms with E-state index in [-0.39, 0.29) is 12.2 Å². The summed E-state index contributed by atoms with van der Waals surface area (Å²) in [7, 11) is 0. The van der Waals surface area contributed by atoms with Gasteiger partial charge in [-0.1, -0.05) is 17.9 Å². The first kappa shape index (κ1) is 9.49. The summed E-state index contributed by atoms with van der Waals surface area (Å²) in [5, 5.41) is 8.33. The molecule has 0 unspecified atom stereocenters. The van der Waals surface area contributed by atoms with Gasteiger partial charge >= 0.3 is 0 Å². The van der Waals surface area contributed by atoms with Gasteiger partial charge in [-0.05, 0) is 24.1 Å². The van der Waals surface area contributed by atoms with Crippen LogP contribution in [0.2, 0.25) is 0 Å². The van der Waals surface area contributed by atoms with Gasteiger partial charge in [-0.25, -0.2) is 0 Å². The van der Waals surface area contributed by atoms with E-state index in [1.54, 1.807) is 0 Å².